The molecule has 3 aromatic rings. The molecule has 0 fully saturated rings. The molecule has 3 rings (SSSR count). The summed E-state index contributed by atoms with van der Waals surface area (Å²) in [7, 11) is 0. The first-order chi connectivity index (χ1) is 11.0. The lowest BCUT2D eigenvalue weighted by Crippen LogP contribution is -2.15. The van der Waals surface area contributed by atoms with Crippen molar-refractivity contribution in [2.75, 3.05) is 5.32 Å². The summed E-state index contributed by atoms with van der Waals surface area (Å²) in [6, 6.07) is 6.94. The highest BCUT2D eigenvalue weighted by molar-refractivity contribution is 7.13. The van der Waals surface area contributed by atoms with E-state index in [-0.39, 0.29) is 18.0 Å². The fraction of sp³-hybridized carbons (Fsp3) is 0.125. The zero-order valence-electron chi connectivity index (χ0n) is 12.1. The predicted octanol–water partition coefficient (Wildman–Crippen LogP) is 4.17. The molecule has 0 saturated carbocycles. The quantitative estimate of drug-likeness (QED) is 0.779. The maximum atomic E-state index is 13.1. The van der Waals surface area contributed by atoms with Gasteiger partial charge in [-0.3, -0.25) is 4.79 Å². The van der Waals surface area contributed by atoms with Crippen molar-refractivity contribution in [1.29, 1.82) is 0 Å². The zero-order chi connectivity index (χ0) is 16.4. The van der Waals surface area contributed by atoms with Gasteiger partial charge in [0.05, 0.1) is 17.0 Å². The average molecular weight is 334 g/mol. The van der Waals surface area contributed by atoms with E-state index in [4.69, 9.17) is 4.42 Å². The second-order valence-corrected chi connectivity index (χ2v) is 5.80. The van der Waals surface area contributed by atoms with Crippen molar-refractivity contribution in [1.82, 2.24) is 4.98 Å². The van der Waals surface area contributed by atoms with E-state index in [1.807, 2.05) is 17.5 Å². The van der Waals surface area contributed by atoms with Gasteiger partial charge in [0, 0.05) is 11.8 Å². The first-order valence-corrected chi connectivity index (χ1v) is 7.66. The molecule has 23 heavy (non-hydrogen) atoms. The Morgan fingerprint density at radius 2 is 2.13 bits per heavy atom. The Morgan fingerprint density at radius 1 is 1.30 bits per heavy atom. The molecule has 0 atom stereocenters. The average Bonchev–Trinajstić information content (AvgIpc) is 3.13. The summed E-state index contributed by atoms with van der Waals surface area (Å²) >= 11 is 1.49. The van der Waals surface area contributed by atoms with Gasteiger partial charge >= 0.3 is 0 Å². The van der Waals surface area contributed by atoms with Crippen LogP contribution in [0.5, 0.6) is 0 Å². The lowest BCUT2D eigenvalue weighted by Gasteiger charge is -2.04. The SMILES string of the molecule is Cc1oc(-c2cccs2)nc1CC(=O)Nc1ccc(F)c(F)c1. The molecule has 0 aliphatic rings. The largest absolute Gasteiger partial charge is 0.440 e. The minimum Gasteiger partial charge on any atom is -0.440 e. The Balaban J connectivity index is 1.71. The molecule has 0 radical (unpaired) electrons. The van der Waals surface area contributed by atoms with Crippen LogP contribution in [-0.4, -0.2) is 10.9 Å². The number of benzene rings is 1. The van der Waals surface area contributed by atoms with Crippen molar-refractivity contribution < 1.29 is 18.0 Å². The highest BCUT2D eigenvalue weighted by atomic mass is 32.1. The van der Waals surface area contributed by atoms with Crippen LogP contribution in [0.1, 0.15) is 11.5 Å². The molecule has 0 spiro atoms. The Bertz CT molecular complexity index is 844. The first-order valence-electron chi connectivity index (χ1n) is 6.78. The third-order valence-electron chi connectivity index (χ3n) is 3.16. The van der Waals surface area contributed by atoms with Crippen LogP contribution < -0.4 is 5.32 Å². The molecule has 4 nitrogen and oxygen atoms in total. The lowest BCUT2D eigenvalue weighted by atomic mass is 10.2. The number of nitrogens with zero attached hydrogens (tertiary/aromatic N) is 1. The van der Waals surface area contributed by atoms with Crippen molar-refractivity contribution in [3.63, 3.8) is 0 Å². The molecular weight excluding hydrogens is 322 g/mol. The standard InChI is InChI=1S/C16H12F2N2O2S/c1-9-13(20-16(22-9)14-3-2-6-23-14)8-15(21)19-10-4-5-11(17)12(18)7-10/h2-7H,8H2,1H3,(H,19,21). The van der Waals surface area contributed by atoms with Crippen LogP contribution in [0.15, 0.2) is 40.1 Å². The van der Waals surface area contributed by atoms with Crippen LogP contribution in [0.25, 0.3) is 10.8 Å². The summed E-state index contributed by atoms with van der Waals surface area (Å²) in [5, 5.41) is 4.41. The number of aromatic nitrogens is 1. The second kappa shape index (κ2) is 6.29. The van der Waals surface area contributed by atoms with Gasteiger partial charge in [-0.25, -0.2) is 13.8 Å². The number of carbonyl (C=O) groups excluding carboxylic acids is 1. The van der Waals surface area contributed by atoms with E-state index < -0.39 is 11.6 Å². The van der Waals surface area contributed by atoms with Crippen molar-refractivity contribution in [2.45, 2.75) is 13.3 Å². The van der Waals surface area contributed by atoms with Gasteiger partial charge in [0.2, 0.25) is 11.8 Å². The maximum Gasteiger partial charge on any atom is 0.236 e. The van der Waals surface area contributed by atoms with Gasteiger partial charge in [0.15, 0.2) is 11.6 Å². The van der Waals surface area contributed by atoms with Crippen molar-refractivity contribution in [3.8, 4) is 10.8 Å². The van der Waals surface area contributed by atoms with Gasteiger partial charge in [-0.05, 0) is 30.5 Å². The normalized spacial score (nSPS) is 10.7. The van der Waals surface area contributed by atoms with Crippen LogP contribution >= 0.6 is 11.3 Å². The number of hydrogen-bond acceptors (Lipinski definition) is 4. The lowest BCUT2D eigenvalue weighted by molar-refractivity contribution is -0.115. The maximum absolute atomic E-state index is 13.1. The zero-order valence-corrected chi connectivity index (χ0v) is 12.9. The predicted molar refractivity (Wildman–Crippen MR) is 83.2 cm³/mol. The van der Waals surface area contributed by atoms with Crippen LogP contribution in [0.2, 0.25) is 0 Å². The molecule has 118 valence electrons. The molecular formula is C16H12F2N2O2S. The topological polar surface area (TPSA) is 55.1 Å². The molecule has 1 aromatic carbocycles. The van der Waals surface area contributed by atoms with E-state index in [1.54, 1.807) is 6.92 Å². The first kappa shape index (κ1) is 15.4. The number of hydrogen-bond donors (Lipinski definition) is 1. The smallest absolute Gasteiger partial charge is 0.236 e. The fourth-order valence-electron chi connectivity index (χ4n) is 2.03. The number of amides is 1. The number of anilines is 1. The van der Waals surface area contributed by atoms with Gasteiger partial charge in [0.25, 0.3) is 0 Å². The number of oxazole rings is 1. The molecule has 0 aliphatic heterocycles. The van der Waals surface area contributed by atoms with Crippen molar-refractivity contribution in [3.05, 3.63) is 58.8 Å². The van der Waals surface area contributed by atoms with Crippen LogP contribution in [0, 0.1) is 18.6 Å². The van der Waals surface area contributed by atoms with E-state index >= 15 is 0 Å². The Morgan fingerprint density at radius 3 is 2.83 bits per heavy atom. The summed E-state index contributed by atoms with van der Waals surface area (Å²) in [5.74, 6) is -1.34. The molecule has 0 saturated heterocycles. The Labute approximate surface area is 134 Å². The van der Waals surface area contributed by atoms with E-state index in [0.29, 0.717) is 17.3 Å². The van der Waals surface area contributed by atoms with Gasteiger partial charge in [-0.15, -0.1) is 11.3 Å². The number of carbonyl (C=O) groups is 1. The van der Waals surface area contributed by atoms with Crippen LogP contribution in [0.4, 0.5) is 14.5 Å². The van der Waals surface area contributed by atoms with Gasteiger partial charge in [-0.2, -0.15) is 0 Å². The summed E-state index contributed by atoms with van der Waals surface area (Å²) in [4.78, 5) is 17.2. The van der Waals surface area contributed by atoms with Crippen molar-refractivity contribution in [2.24, 2.45) is 0 Å². The van der Waals surface area contributed by atoms with E-state index in [1.165, 1.54) is 17.4 Å². The molecule has 2 aromatic heterocycles. The highest BCUT2D eigenvalue weighted by Crippen LogP contribution is 2.26. The Kier molecular flexibility index (Phi) is 4.20. The number of thiophene rings is 1. The molecule has 2 heterocycles. The third-order valence-corrected chi connectivity index (χ3v) is 4.01. The van der Waals surface area contributed by atoms with Crippen LogP contribution in [-0.2, 0) is 11.2 Å². The van der Waals surface area contributed by atoms with E-state index in [0.717, 1.165) is 17.0 Å². The fourth-order valence-corrected chi connectivity index (χ4v) is 2.68. The third kappa shape index (κ3) is 3.45. The molecule has 0 bridgehead atoms. The number of halogens is 2. The van der Waals surface area contributed by atoms with Crippen molar-refractivity contribution >= 4 is 22.9 Å². The monoisotopic (exact) mass is 334 g/mol. The molecule has 0 unspecified atom stereocenters. The van der Waals surface area contributed by atoms with E-state index in [9.17, 15) is 13.6 Å². The summed E-state index contributed by atoms with van der Waals surface area (Å²) in [6.45, 7) is 1.73. The van der Waals surface area contributed by atoms with Crippen LogP contribution in [0.3, 0.4) is 0 Å². The molecule has 1 N–H and O–H groups in total. The highest BCUT2D eigenvalue weighted by Gasteiger charge is 2.15. The van der Waals surface area contributed by atoms with Gasteiger partial charge in [-0.1, -0.05) is 6.07 Å². The number of nitrogens with one attached hydrogen (secondary N) is 1. The van der Waals surface area contributed by atoms with E-state index in [2.05, 4.69) is 10.3 Å². The van der Waals surface area contributed by atoms with Gasteiger partial charge < -0.3 is 9.73 Å². The summed E-state index contributed by atoms with van der Waals surface area (Å²) < 4.78 is 31.5. The Hall–Kier alpha value is -2.54. The minimum atomic E-state index is -1.01. The molecule has 1 amide bonds. The number of rotatable bonds is 4. The number of aryl methyl sites for hydroxylation is 1. The molecule has 7 heteroatoms. The van der Waals surface area contributed by atoms with Gasteiger partial charge in [0.1, 0.15) is 5.76 Å². The summed E-state index contributed by atoms with van der Waals surface area (Å²) in [6.07, 6.45) is -0.0142. The second-order valence-electron chi connectivity index (χ2n) is 4.85. The minimum absolute atomic E-state index is 0.0142. The molecule has 0 aliphatic carbocycles. The summed E-state index contributed by atoms with van der Waals surface area (Å²) in [5.41, 5.74) is 0.696.